The highest BCUT2D eigenvalue weighted by Crippen LogP contribution is 2.21. The molecule has 6 nitrogen and oxygen atoms in total. The summed E-state index contributed by atoms with van der Waals surface area (Å²) < 4.78 is 1.37. The number of hydrogen-bond donors (Lipinski definition) is 3. The van der Waals surface area contributed by atoms with E-state index in [1.54, 1.807) is 42.6 Å². The number of aliphatic hydroxyl groups is 1. The molecule has 0 saturated carbocycles. The summed E-state index contributed by atoms with van der Waals surface area (Å²) >= 11 is 0. The molecule has 3 N–H and O–H groups in total. The summed E-state index contributed by atoms with van der Waals surface area (Å²) in [5, 5.41) is 21.9. The van der Waals surface area contributed by atoms with Gasteiger partial charge in [0.25, 0.3) is 5.56 Å². The Labute approximate surface area is 127 Å². The largest absolute Gasteiger partial charge is 0.508 e. The summed E-state index contributed by atoms with van der Waals surface area (Å²) in [5.41, 5.74) is 0.895. The molecule has 0 bridgehead atoms. The second-order valence-electron chi connectivity index (χ2n) is 4.51. The van der Waals surface area contributed by atoms with E-state index in [2.05, 4.69) is 10.3 Å². The lowest BCUT2D eigenvalue weighted by Crippen LogP contribution is -2.21. The molecule has 0 aliphatic carbocycles. The fraction of sp³-hybridized carbons (Fsp3) is 0.125. The molecule has 114 valence electrons. The van der Waals surface area contributed by atoms with Crippen LogP contribution in [0.5, 0.6) is 5.75 Å². The van der Waals surface area contributed by atoms with Gasteiger partial charge in [0.2, 0.25) is 0 Å². The van der Waals surface area contributed by atoms with E-state index >= 15 is 0 Å². The fourth-order valence-corrected chi connectivity index (χ4v) is 2.09. The molecule has 0 atom stereocenters. The molecule has 0 aliphatic rings. The van der Waals surface area contributed by atoms with Gasteiger partial charge in [-0.2, -0.15) is 0 Å². The van der Waals surface area contributed by atoms with Crippen molar-refractivity contribution in [3.8, 4) is 5.75 Å². The number of fused-ring (bicyclic) bond motifs is 1. The third-order valence-electron chi connectivity index (χ3n) is 3.09. The second-order valence-corrected chi connectivity index (χ2v) is 4.51. The molecule has 0 radical (unpaired) electrons. The lowest BCUT2D eigenvalue weighted by Gasteiger charge is -2.11. The Morgan fingerprint density at radius 1 is 1.18 bits per heavy atom. The van der Waals surface area contributed by atoms with E-state index in [-0.39, 0.29) is 30.1 Å². The molecule has 0 aliphatic heterocycles. The summed E-state index contributed by atoms with van der Waals surface area (Å²) in [6, 6.07) is 11.7. The van der Waals surface area contributed by atoms with Crippen LogP contribution in [0.1, 0.15) is 13.0 Å². The average molecular weight is 299 g/mol. The van der Waals surface area contributed by atoms with Crippen molar-refractivity contribution in [2.45, 2.75) is 14.0 Å². The van der Waals surface area contributed by atoms with Gasteiger partial charge in [0, 0.05) is 18.0 Å². The Morgan fingerprint density at radius 2 is 2.00 bits per heavy atom. The zero-order valence-corrected chi connectivity index (χ0v) is 11.0. The molecule has 0 fully saturated rings. The third kappa shape index (κ3) is 2.77. The monoisotopic (exact) mass is 299 g/mol. The molecule has 0 spiro atoms. The van der Waals surface area contributed by atoms with Crippen LogP contribution in [0, 0.1) is 0 Å². The van der Waals surface area contributed by atoms with Crippen molar-refractivity contribution in [1.29, 1.82) is 0 Å². The summed E-state index contributed by atoms with van der Waals surface area (Å²) in [4.78, 5) is 16.7. The van der Waals surface area contributed by atoms with Gasteiger partial charge < -0.3 is 15.5 Å². The lowest BCUT2D eigenvalue weighted by molar-refractivity contribution is 0.280. The van der Waals surface area contributed by atoms with Gasteiger partial charge in [-0.1, -0.05) is 19.6 Å². The molecule has 0 unspecified atom stereocenters. The molecule has 2 heterocycles. The van der Waals surface area contributed by atoms with Crippen molar-refractivity contribution in [3.05, 3.63) is 64.6 Å². The highest BCUT2D eigenvalue weighted by Gasteiger charge is 2.12. The molecule has 3 rings (SSSR count). The standard InChI is InChI=1S/C15H13N3O3.CH4/c19-9-12-14(16-10-4-3-5-11(20)8-10)17-13-6-1-2-7-18(13)15(12)21;/h1-8,16,19-20H,9H2;1H4. The number of anilines is 2. The zero-order chi connectivity index (χ0) is 14.8. The van der Waals surface area contributed by atoms with Gasteiger partial charge in [0.1, 0.15) is 17.2 Å². The first-order valence-electron chi connectivity index (χ1n) is 6.36. The van der Waals surface area contributed by atoms with E-state index < -0.39 is 6.61 Å². The average Bonchev–Trinajstić information content (AvgIpc) is 2.48. The minimum Gasteiger partial charge on any atom is -0.508 e. The normalized spacial score (nSPS) is 10.2. The number of benzene rings is 1. The number of pyridine rings is 1. The number of phenolic OH excluding ortho intramolecular Hbond substituents is 1. The number of aromatic hydroxyl groups is 1. The number of phenols is 1. The van der Waals surface area contributed by atoms with Crippen LogP contribution in [0.2, 0.25) is 0 Å². The Hall–Kier alpha value is -2.86. The molecule has 0 amide bonds. The van der Waals surface area contributed by atoms with Gasteiger partial charge in [0.15, 0.2) is 0 Å². The van der Waals surface area contributed by atoms with E-state index in [0.29, 0.717) is 11.3 Å². The van der Waals surface area contributed by atoms with Crippen LogP contribution < -0.4 is 10.9 Å². The quantitative estimate of drug-likeness (QED) is 0.690. The van der Waals surface area contributed by atoms with Crippen LogP contribution in [0.4, 0.5) is 11.5 Å². The maximum Gasteiger partial charge on any atom is 0.265 e. The zero-order valence-electron chi connectivity index (χ0n) is 11.0. The Kier molecular flexibility index (Phi) is 4.43. The number of nitrogens with one attached hydrogen (secondary N) is 1. The SMILES string of the molecule is C.O=c1c(CO)c(Nc2cccc(O)c2)nc2ccccn12. The number of hydrogen-bond acceptors (Lipinski definition) is 5. The predicted octanol–water partition coefficient (Wildman–Crippen LogP) is 2.27. The van der Waals surface area contributed by atoms with Crippen molar-refractivity contribution in [2.75, 3.05) is 5.32 Å². The molecular weight excluding hydrogens is 282 g/mol. The number of aliphatic hydroxyl groups excluding tert-OH is 1. The molecule has 3 aromatic rings. The van der Waals surface area contributed by atoms with Gasteiger partial charge in [-0.3, -0.25) is 9.20 Å². The van der Waals surface area contributed by atoms with Gasteiger partial charge in [-0.25, -0.2) is 4.98 Å². The molecule has 22 heavy (non-hydrogen) atoms. The van der Waals surface area contributed by atoms with Crippen molar-refractivity contribution in [2.24, 2.45) is 0 Å². The van der Waals surface area contributed by atoms with E-state index in [4.69, 9.17) is 0 Å². The Bertz CT molecular complexity index is 859. The minimum absolute atomic E-state index is 0. The number of aromatic nitrogens is 2. The van der Waals surface area contributed by atoms with Crippen molar-refractivity contribution < 1.29 is 10.2 Å². The highest BCUT2D eigenvalue weighted by molar-refractivity contribution is 5.62. The van der Waals surface area contributed by atoms with Gasteiger partial charge in [0.05, 0.1) is 12.2 Å². The van der Waals surface area contributed by atoms with Crippen LogP contribution in [0.15, 0.2) is 53.5 Å². The van der Waals surface area contributed by atoms with Crippen LogP contribution in [-0.2, 0) is 6.61 Å². The molecular formula is C16H17N3O3. The Morgan fingerprint density at radius 3 is 2.73 bits per heavy atom. The smallest absolute Gasteiger partial charge is 0.265 e. The molecule has 0 saturated heterocycles. The van der Waals surface area contributed by atoms with Crippen LogP contribution >= 0.6 is 0 Å². The maximum absolute atomic E-state index is 12.3. The van der Waals surface area contributed by atoms with Crippen LogP contribution in [-0.4, -0.2) is 19.6 Å². The van der Waals surface area contributed by atoms with Crippen molar-refractivity contribution in [1.82, 2.24) is 9.38 Å². The van der Waals surface area contributed by atoms with Crippen molar-refractivity contribution in [3.63, 3.8) is 0 Å². The van der Waals surface area contributed by atoms with E-state index in [0.717, 1.165) is 0 Å². The fourth-order valence-electron chi connectivity index (χ4n) is 2.09. The van der Waals surface area contributed by atoms with E-state index in [1.807, 2.05) is 0 Å². The number of nitrogens with zero attached hydrogens (tertiary/aromatic N) is 2. The lowest BCUT2D eigenvalue weighted by atomic mass is 10.2. The van der Waals surface area contributed by atoms with Gasteiger partial charge >= 0.3 is 0 Å². The molecule has 6 heteroatoms. The van der Waals surface area contributed by atoms with Gasteiger partial charge in [-0.05, 0) is 24.3 Å². The van der Waals surface area contributed by atoms with Gasteiger partial charge in [-0.15, -0.1) is 0 Å². The van der Waals surface area contributed by atoms with E-state index in [9.17, 15) is 15.0 Å². The first-order valence-corrected chi connectivity index (χ1v) is 6.36. The van der Waals surface area contributed by atoms with Crippen LogP contribution in [0.25, 0.3) is 5.65 Å². The van der Waals surface area contributed by atoms with Crippen molar-refractivity contribution >= 4 is 17.2 Å². The predicted molar refractivity (Wildman–Crippen MR) is 85.5 cm³/mol. The summed E-state index contributed by atoms with van der Waals surface area (Å²) in [5.74, 6) is 0.377. The molecule has 1 aromatic carbocycles. The topological polar surface area (TPSA) is 86.9 Å². The first-order chi connectivity index (χ1) is 10.2. The van der Waals surface area contributed by atoms with E-state index in [1.165, 1.54) is 10.5 Å². The summed E-state index contributed by atoms with van der Waals surface area (Å²) in [7, 11) is 0. The molecule has 2 aromatic heterocycles. The summed E-state index contributed by atoms with van der Waals surface area (Å²) in [6.45, 7) is -0.426. The highest BCUT2D eigenvalue weighted by atomic mass is 16.3. The Balaban J connectivity index is 0.00000176. The minimum atomic E-state index is -0.426. The first kappa shape index (κ1) is 15.5. The second kappa shape index (κ2) is 6.28. The number of rotatable bonds is 3. The summed E-state index contributed by atoms with van der Waals surface area (Å²) in [6.07, 6.45) is 1.60. The third-order valence-corrected chi connectivity index (χ3v) is 3.09. The maximum atomic E-state index is 12.3. The van der Waals surface area contributed by atoms with Crippen LogP contribution in [0.3, 0.4) is 0 Å².